The van der Waals surface area contributed by atoms with Gasteiger partial charge in [0.05, 0.1) is 12.8 Å². The summed E-state index contributed by atoms with van der Waals surface area (Å²) in [4.78, 5) is 33.9. The number of nitrogens with zero attached hydrogens (tertiary/aromatic N) is 6. The molecule has 2 aromatic heterocycles. The third-order valence-corrected chi connectivity index (χ3v) is 7.83. The van der Waals surface area contributed by atoms with E-state index < -0.39 is 9.84 Å². The number of sulfone groups is 1. The van der Waals surface area contributed by atoms with Gasteiger partial charge in [-0.3, -0.25) is 9.59 Å². The molecule has 0 saturated carbocycles. The molecular weight excluding hydrogens is 520 g/mol. The smallest absolute Gasteiger partial charge is 0.277 e. The number of amides is 2. The Hall–Kier alpha value is -4.45. The van der Waals surface area contributed by atoms with Gasteiger partial charge in [-0.25, -0.2) is 18.1 Å². The number of benzene rings is 2. The van der Waals surface area contributed by atoms with Crippen molar-refractivity contribution in [2.45, 2.75) is 24.9 Å². The molecule has 0 unspecified atom stereocenters. The number of likely N-dealkylation sites (N-methyl/N-ethyl adjacent to an activating group) is 1. The van der Waals surface area contributed by atoms with Crippen molar-refractivity contribution in [2.75, 3.05) is 36.8 Å². The molecular formula is C27H28N6O5S. The van der Waals surface area contributed by atoms with Crippen molar-refractivity contribution in [1.82, 2.24) is 19.3 Å². The Morgan fingerprint density at radius 2 is 1.74 bits per heavy atom. The van der Waals surface area contributed by atoms with Crippen LogP contribution in [-0.4, -0.2) is 66.5 Å². The van der Waals surface area contributed by atoms with Crippen LogP contribution in [0, 0.1) is 6.92 Å². The number of hydrogen-bond donors (Lipinski definition) is 0. The van der Waals surface area contributed by atoms with Crippen molar-refractivity contribution in [1.29, 1.82) is 0 Å². The monoisotopic (exact) mass is 548 g/mol. The molecule has 202 valence electrons. The number of rotatable bonds is 7. The number of ether oxygens (including phenoxy) is 1. The molecule has 3 heterocycles. The van der Waals surface area contributed by atoms with Crippen molar-refractivity contribution < 1.29 is 22.7 Å². The van der Waals surface area contributed by atoms with Crippen LogP contribution in [0.1, 0.15) is 21.9 Å². The number of carbonyl (C=O) groups excluding carboxylic acids is 2. The molecule has 39 heavy (non-hydrogen) atoms. The van der Waals surface area contributed by atoms with E-state index in [1.54, 1.807) is 89.4 Å². The molecule has 5 rings (SSSR count). The third-order valence-electron chi connectivity index (χ3n) is 6.80. The summed E-state index contributed by atoms with van der Waals surface area (Å²) in [5.41, 5.74) is 2.46. The summed E-state index contributed by atoms with van der Waals surface area (Å²) in [5.74, 6) is 0.907. The zero-order chi connectivity index (χ0) is 27.9. The van der Waals surface area contributed by atoms with Gasteiger partial charge in [0.1, 0.15) is 23.8 Å². The quantitative estimate of drug-likeness (QED) is 0.348. The maximum atomic E-state index is 13.8. The summed E-state index contributed by atoms with van der Waals surface area (Å²) in [7, 11) is -0.420. The molecule has 0 atom stereocenters. The number of aryl methyl sites for hydroxylation is 1. The van der Waals surface area contributed by atoms with E-state index in [-0.39, 0.29) is 35.6 Å². The van der Waals surface area contributed by atoms with Crippen LogP contribution in [0.4, 0.5) is 11.4 Å². The van der Waals surface area contributed by atoms with E-state index in [2.05, 4.69) is 10.1 Å². The van der Waals surface area contributed by atoms with E-state index >= 15 is 0 Å². The maximum absolute atomic E-state index is 13.8. The highest BCUT2D eigenvalue weighted by Crippen LogP contribution is 2.32. The minimum Gasteiger partial charge on any atom is -0.497 e. The van der Waals surface area contributed by atoms with E-state index in [9.17, 15) is 18.0 Å². The van der Waals surface area contributed by atoms with Crippen molar-refractivity contribution >= 4 is 33.0 Å². The molecule has 0 saturated heterocycles. The number of aromatic nitrogens is 4. The number of methoxy groups -OCH3 is 1. The lowest BCUT2D eigenvalue weighted by Crippen LogP contribution is -2.39. The first kappa shape index (κ1) is 26.2. The summed E-state index contributed by atoms with van der Waals surface area (Å²) in [6, 6.07) is 14.0. The van der Waals surface area contributed by atoms with Crippen LogP contribution in [0.3, 0.4) is 0 Å². The summed E-state index contributed by atoms with van der Waals surface area (Å²) in [5, 5.41) is 4.26. The van der Waals surface area contributed by atoms with Crippen LogP contribution in [0.25, 0.3) is 5.69 Å². The number of fused-ring (bicyclic) bond motifs is 1. The Kier molecular flexibility index (Phi) is 6.73. The van der Waals surface area contributed by atoms with Gasteiger partial charge in [0.15, 0.2) is 14.9 Å². The summed E-state index contributed by atoms with van der Waals surface area (Å²) < 4.78 is 33.4. The fourth-order valence-corrected chi connectivity index (χ4v) is 5.48. The lowest BCUT2D eigenvalue weighted by molar-refractivity contribution is -0.118. The lowest BCUT2D eigenvalue weighted by atomic mass is 10.1. The van der Waals surface area contributed by atoms with Crippen molar-refractivity contribution in [3.8, 4) is 11.4 Å². The molecule has 0 radical (unpaired) electrons. The molecule has 1 aliphatic rings. The molecule has 12 heteroatoms. The molecule has 2 aromatic carbocycles. The van der Waals surface area contributed by atoms with E-state index in [4.69, 9.17) is 4.74 Å². The standard InChI is InChI=1S/C27H28N6O5S/c1-18-28-14-16-31(18)17-24(34)30(2)19-5-7-20(8-6-19)32-15-13-23-25(27(32)35)33(29-26(23)39(4,36)37)21-9-11-22(38-3)12-10-21/h5-12,14,16H,13,15,17H2,1-4H3. The van der Waals surface area contributed by atoms with Crippen LogP contribution >= 0.6 is 0 Å². The zero-order valence-corrected chi connectivity index (χ0v) is 22.8. The molecule has 0 bridgehead atoms. The average molecular weight is 549 g/mol. The van der Waals surface area contributed by atoms with Gasteiger partial charge in [0.2, 0.25) is 5.91 Å². The van der Waals surface area contributed by atoms with Gasteiger partial charge in [0, 0.05) is 49.2 Å². The second-order valence-corrected chi connectivity index (χ2v) is 11.2. The lowest BCUT2D eigenvalue weighted by Gasteiger charge is -2.28. The zero-order valence-electron chi connectivity index (χ0n) is 22.0. The first-order valence-corrected chi connectivity index (χ1v) is 14.1. The highest BCUT2D eigenvalue weighted by Gasteiger charge is 2.36. The van der Waals surface area contributed by atoms with Gasteiger partial charge >= 0.3 is 0 Å². The molecule has 0 aliphatic carbocycles. The van der Waals surface area contributed by atoms with Gasteiger partial charge in [-0.15, -0.1) is 0 Å². The topological polar surface area (TPSA) is 120 Å². The predicted molar refractivity (Wildman–Crippen MR) is 145 cm³/mol. The minimum absolute atomic E-state index is 0.0927. The number of carbonyl (C=O) groups is 2. The van der Waals surface area contributed by atoms with E-state index in [0.29, 0.717) is 34.8 Å². The largest absolute Gasteiger partial charge is 0.497 e. The Labute approximate surface area is 226 Å². The normalized spacial score (nSPS) is 13.3. The minimum atomic E-state index is -3.67. The predicted octanol–water partition coefficient (Wildman–Crippen LogP) is 2.66. The average Bonchev–Trinajstić information content (AvgIpc) is 3.52. The van der Waals surface area contributed by atoms with Gasteiger partial charge < -0.3 is 19.1 Å². The second-order valence-electron chi connectivity index (χ2n) is 9.29. The van der Waals surface area contributed by atoms with Crippen LogP contribution in [0.2, 0.25) is 0 Å². The van der Waals surface area contributed by atoms with Gasteiger partial charge in [-0.05, 0) is 61.9 Å². The Balaban J connectivity index is 1.44. The van der Waals surface area contributed by atoms with Gasteiger partial charge in [-0.2, -0.15) is 5.10 Å². The SMILES string of the molecule is COc1ccc(-n2nc(S(C)(=O)=O)c3c2C(=O)N(c2ccc(N(C)C(=O)Cn4ccnc4C)cc2)CC3)cc1. The Morgan fingerprint density at radius 3 is 2.33 bits per heavy atom. The molecule has 0 N–H and O–H groups in total. The number of hydrogen-bond acceptors (Lipinski definition) is 7. The molecule has 1 aliphatic heterocycles. The highest BCUT2D eigenvalue weighted by molar-refractivity contribution is 7.90. The van der Waals surface area contributed by atoms with E-state index in [1.165, 1.54) is 4.68 Å². The van der Waals surface area contributed by atoms with Crippen LogP contribution in [0.5, 0.6) is 5.75 Å². The third kappa shape index (κ3) is 4.90. The number of anilines is 2. The summed E-state index contributed by atoms with van der Waals surface area (Å²) >= 11 is 0. The Morgan fingerprint density at radius 1 is 1.08 bits per heavy atom. The van der Waals surface area contributed by atoms with Crippen molar-refractivity contribution in [2.24, 2.45) is 0 Å². The van der Waals surface area contributed by atoms with Crippen LogP contribution in [-0.2, 0) is 27.6 Å². The molecule has 4 aromatic rings. The number of imidazole rings is 1. The van der Waals surface area contributed by atoms with Gasteiger partial charge in [0.25, 0.3) is 5.91 Å². The van der Waals surface area contributed by atoms with Crippen molar-refractivity contribution in [3.63, 3.8) is 0 Å². The molecule has 0 spiro atoms. The fraction of sp³-hybridized carbons (Fsp3) is 0.259. The van der Waals surface area contributed by atoms with Crippen LogP contribution in [0.15, 0.2) is 66.0 Å². The second kappa shape index (κ2) is 10.0. The van der Waals surface area contributed by atoms with Gasteiger partial charge in [-0.1, -0.05) is 0 Å². The maximum Gasteiger partial charge on any atom is 0.277 e. The van der Waals surface area contributed by atoms with E-state index in [1.807, 2.05) is 6.92 Å². The summed E-state index contributed by atoms with van der Waals surface area (Å²) in [6.45, 7) is 2.29. The summed E-state index contributed by atoms with van der Waals surface area (Å²) in [6.07, 6.45) is 4.82. The van der Waals surface area contributed by atoms with Crippen LogP contribution < -0.4 is 14.5 Å². The van der Waals surface area contributed by atoms with Crippen molar-refractivity contribution in [3.05, 3.63) is 78.0 Å². The first-order chi connectivity index (χ1) is 18.6. The molecule has 2 amide bonds. The first-order valence-electron chi connectivity index (χ1n) is 12.2. The fourth-order valence-electron chi connectivity index (χ4n) is 4.61. The molecule has 11 nitrogen and oxygen atoms in total. The Bertz CT molecular complexity index is 1660. The van der Waals surface area contributed by atoms with E-state index in [0.717, 1.165) is 12.1 Å². The molecule has 0 fully saturated rings. The highest BCUT2D eigenvalue weighted by atomic mass is 32.2.